The molecule has 0 radical (unpaired) electrons. The van der Waals surface area contributed by atoms with E-state index in [-0.39, 0.29) is 13.0 Å². The third-order valence-electron chi connectivity index (χ3n) is 2.53. The second-order valence-electron chi connectivity index (χ2n) is 5.10. The average molecular weight is 269 g/mol. The van der Waals surface area contributed by atoms with Crippen molar-refractivity contribution in [2.24, 2.45) is 7.05 Å². The molecule has 0 aliphatic carbocycles. The van der Waals surface area contributed by atoms with Crippen LogP contribution in [0.2, 0.25) is 0 Å². The van der Waals surface area contributed by atoms with E-state index in [4.69, 9.17) is 5.11 Å². The molecule has 0 unspecified atom stereocenters. The van der Waals surface area contributed by atoms with Gasteiger partial charge in [-0.15, -0.1) is 0 Å². The summed E-state index contributed by atoms with van der Waals surface area (Å²) in [7, 11) is 1.65. The molecule has 0 atom stereocenters. The summed E-state index contributed by atoms with van der Waals surface area (Å²) in [5.41, 5.74) is -0.488. The van der Waals surface area contributed by atoms with Crippen LogP contribution in [0.25, 0.3) is 0 Å². The highest BCUT2D eigenvalue weighted by Crippen LogP contribution is 2.15. The molecule has 106 valence electrons. The maximum Gasteiger partial charge on any atom is 0.324 e. The van der Waals surface area contributed by atoms with Crippen molar-refractivity contribution in [1.82, 2.24) is 19.7 Å². The topological polar surface area (TPSA) is 100 Å². The number of carboxylic acid groups (broad SMARTS) is 1. The number of hydrogen-bond donors (Lipinski definition) is 2. The summed E-state index contributed by atoms with van der Waals surface area (Å²) in [6.07, 6.45) is 1.22. The first kappa shape index (κ1) is 14.9. The summed E-state index contributed by atoms with van der Waals surface area (Å²) >= 11 is 0. The second kappa shape index (κ2) is 5.68. The number of rotatable bonds is 4. The maximum atomic E-state index is 12.2. The van der Waals surface area contributed by atoms with Crippen LogP contribution in [0.1, 0.15) is 27.2 Å². The van der Waals surface area contributed by atoms with Crippen LogP contribution in [0.3, 0.4) is 0 Å². The molecule has 0 aromatic carbocycles. The van der Waals surface area contributed by atoms with Crippen molar-refractivity contribution in [1.29, 1.82) is 0 Å². The maximum absolute atomic E-state index is 12.2. The SMILES string of the molecule is Cn1ncnc1NC(=O)N(CCC(=O)O)C(C)(C)C. The van der Waals surface area contributed by atoms with Crippen LogP contribution in [0.15, 0.2) is 6.33 Å². The number of carbonyl (C=O) groups is 2. The van der Waals surface area contributed by atoms with E-state index in [1.807, 2.05) is 20.8 Å². The number of carboxylic acids is 1. The Bertz CT molecular complexity index is 463. The standard InChI is InChI=1S/C11H19N5O3/c1-11(2,3)16(6-5-8(17)18)10(19)14-9-12-7-13-15(9)4/h7H,5-6H2,1-4H3,(H,17,18)(H,12,13,14,19). The number of nitrogens with zero attached hydrogens (tertiary/aromatic N) is 4. The second-order valence-corrected chi connectivity index (χ2v) is 5.10. The van der Waals surface area contributed by atoms with Crippen LogP contribution in [0.4, 0.5) is 10.7 Å². The number of carbonyl (C=O) groups excluding carboxylic acids is 1. The van der Waals surface area contributed by atoms with Gasteiger partial charge in [-0.25, -0.2) is 9.48 Å². The Labute approximate surface area is 111 Å². The van der Waals surface area contributed by atoms with E-state index in [2.05, 4.69) is 15.4 Å². The monoisotopic (exact) mass is 269 g/mol. The highest BCUT2D eigenvalue weighted by atomic mass is 16.4. The molecule has 0 bridgehead atoms. The van der Waals surface area contributed by atoms with E-state index in [0.29, 0.717) is 5.95 Å². The molecule has 1 heterocycles. The molecule has 0 fully saturated rings. The molecule has 0 aliphatic rings. The van der Waals surface area contributed by atoms with E-state index >= 15 is 0 Å². The zero-order chi connectivity index (χ0) is 14.6. The molecule has 1 rings (SSSR count). The molecule has 8 nitrogen and oxygen atoms in total. The van der Waals surface area contributed by atoms with Crippen LogP contribution < -0.4 is 5.32 Å². The Balaban J connectivity index is 2.77. The lowest BCUT2D eigenvalue weighted by atomic mass is 10.1. The number of aliphatic carboxylic acids is 1. The Kier molecular flexibility index (Phi) is 4.47. The summed E-state index contributed by atoms with van der Waals surface area (Å²) in [6, 6.07) is -0.398. The fraction of sp³-hybridized carbons (Fsp3) is 0.636. The van der Waals surface area contributed by atoms with Gasteiger partial charge >= 0.3 is 12.0 Å². The first-order valence-electron chi connectivity index (χ1n) is 5.86. The van der Waals surface area contributed by atoms with Gasteiger partial charge in [0, 0.05) is 19.1 Å². The van der Waals surface area contributed by atoms with Gasteiger partial charge in [-0.1, -0.05) is 0 Å². The van der Waals surface area contributed by atoms with Crippen molar-refractivity contribution in [2.75, 3.05) is 11.9 Å². The van der Waals surface area contributed by atoms with Gasteiger partial charge in [0.1, 0.15) is 6.33 Å². The van der Waals surface area contributed by atoms with Crippen LogP contribution in [-0.2, 0) is 11.8 Å². The van der Waals surface area contributed by atoms with Crippen LogP contribution >= 0.6 is 0 Å². The number of hydrogen-bond acceptors (Lipinski definition) is 4. The number of anilines is 1. The summed E-state index contributed by atoms with van der Waals surface area (Å²) in [4.78, 5) is 28.1. The Morgan fingerprint density at radius 2 is 2.11 bits per heavy atom. The molecular weight excluding hydrogens is 250 g/mol. The summed E-state index contributed by atoms with van der Waals surface area (Å²) in [5, 5.41) is 15.2. The molecule has 2 N–H and O–H groups in total. The smallest absolute Gasteiger partial charge is 0.324 e. The molecule has 19 heavy (non-hydrogen) atoms. The fourth-order valence-electron chi connectivity index (χ4n) is 1.52. The Morgan fingerprint density at radius 3 is 2.53 bits per heavy atom. The number of aromatic nitrogens is 3. The minimum Gasteiger partial charge on any atom is -0.481 e. The largest absolute Gasteiger partial charge is 0.481 e. The molecular formula is C11H19N5O3. The quantitative estimate of drug-likeness (QED) is 0.846. The van der Waals surface area contributed by atoms with Gasteiger partial charge < -0.3 is 10.0 Å². The van der Waals surface area contributed by atoms with E-state index < -0.39 is 17.5 Å². The number of urea groups is 1. The van der Waals surface area contributed by atoms with Crippen LogP contribution in [0, 0.1) is 0 Å². The van der Waals surface area contributed by atoms with E-state index in [1.165, 1.54) is 15.9 Å². The first-order chi connectivity index (χ1) is 8.71. The van der Waals surface area contributed by atoms with Crippen molar-refractivity contribution in [3.8, 4) is 0 Å². The average Bonchev–Trinajstić information content (AvgIpc) is 2.62. The highest BCUT2D eigenvalue weighted by Gasteiger charge is 2.27. The van der Waals surface area contributed by atoms with E-state index in [1.54, 1.807) is 7.05 Å². The van der Waals surface area contributed by atoms with Crippen molar-refractivity contribution < 1.29 is 14.7 Å². The van der Waals surface area contributed by atoms with Gasteiger partial charge in [-0.05, 0) is 20.8 Å². The molecule has 8 heteroatoms. The lowest BCUT2D eigenvalue weighted by Gasteiger charge is -2.35. The minimum absolute atomic E-state index is 0.108. The first-order valence-corrected chi connectivity index (χ1v) is 5.86. The van der Waals surface area contributed by atoms with Crippen molar-refractivity contribution in [2.45, 2.75) is 32.7 Å². The van der Waals surface area contributed by atoms with Crippen LogP contribution in [0.5, 0.6) is 0 Å². The fourth-order valence-corrected chi connectivity index (χ4v) is 1.52. The van der Waals surface area contributed by atoms with Crippen molar-refractivity contribution in [3.05, 3.63) is 6.33 Å². The molecule has 0 saturated carbocycles. The van der Waals surface area contributed by atoms with Gasteiger partial charge in [0.2, 0.25) is 5.95 Å². The number of nitrogens with one attached hydrogen (secondary N) is 1. The van der Waals surface area contributed by atoms with E-state index in [0.717, 1.165) is 0 Å². The highest BCUT2D eigenvalue weighted by molar-refractivity contribution is 5.88. The lowest BCUT2D eigenvalue weighted by Crippen LogP contribution is -2.48. The summed E-state index contributed by atoms with van der Waals surface area (Å²) in [5.74, 6) is -0.629. The zero-order valence-corrected chi connectivity index (χ0v) is 11.5. The predicted octanol–water partition coefficient (Wildman–Crippen LogP) is 0.922. The van der Waals surface area contributed by atoms with E-state index in [9.17, 15) is 9.59 Å². The summed E-state index contributed by atoms with van der Waals surface area (Å²) in [6.45, 7) is 5.64. The Morgan fingerprint density at radius 1 is 1.47 bits per heavy atom. The summed E-state index contributed by atoms with van der Waals surface area (Å²) < 4.78 is 1.43. The number of aryl methyl sites for hydroxylation is 1. The molecule has 0 spiro atoms. The van der Waals surface area contributed by atoms with Gasteiger partial charge in [-0.2, -0.15) is 10.1 Å². The molecule has 2 amide bonds. The van der Waals surface area contributed by atoms with Gasteiger partial charge in [-0.3, -0.25) is 10.1 Å². The minimum atomic E-state index is -0.944. The van der Waals surface area contributed by atoms with Crippen LogP contribution in [-0.4, -0.2) is 48.9 Å². The third-order valence-corrected chi connectivity index (χ3v) is 2.53. The van der Waals surface area contributed by atoms with Gasteiger partial charge in [0.15, 0.2) is 0 Å². The van der Waals surface area contributed by atoms with Gasteiger partial charge in [0.05, 0.1) is 6.42 Å². The lowest BCUT2D eigenvalue weighted by molar-refractivity contribution is -0.137. The predicted molar refractivity (Wildman–Crippen MR) is 68.7 cm³/mol. The van der Waals surface area contributed by atoms with Gasteiger partial charge in [0.25, 0.3) is 0 Å². The Hall–Kier alpha value is -2.12. The molecule has 0 aliphatic heterocycles. The normalized spacial score (nSPS) is 11.2. The third kappa shape index (κ3) is 4.23. The zero-order valence-electron chi connectivity index (χ0n) is 11.5. The van der Waals surface area contributed by atoms with Crippen molar-refractivity contribution >= 4 is 17.9 Å². The van der Waals surface area contributed by atoms with Crippen molar-refractivity contribution in [3.63, 3.8) is 0 Å². The molecule has 1 aromatic heterocycles. The number of amides is 2. The molecule has 1 aromatic rings. The molecule has 0 saturated heterocycles.